The number of Topliss-reactive ketones (excluding diaryl/α,β-unsaturated/α-hetero) is 1. The van der Waals surface area contributed by atoms with Crippen LogP contribution in [0.4, 0.5) is 4.79 Å². The van der Waals surface area contributed by atoms with Crippen LogP contribution in [0.25, 0.3) is 0 Å². The summed E-state index contributed by atoms with van der Waals surface area (Å²) in [5.74, 6) is -0.00754. The number of ketones is 1. The molecule has 2 aromatic carbocycles. The Hall–Kier alpha value is -3.15. The van der Waals surface area contributed by atoms with E-state index in [1.807, 2.05) is 24.3 Å². The van der Waals surface area contributed by atoms with Gasteiger partial charge in [0.25, 0.3) is 5.91 Å². The number of carbonyl (C=O) groups excluding carboxylic acids is 3. The second-order valence-electron chi connectivity index (χ2n) is 6.54. The summed E-state index contributed by atoms with van der Waals surface area (Å²) in [6.07, 6.45) is 1.24. The molecule has 1 atom stereocenters. The number of nitrogens with zero attached hydrogens (tertiary/aromatic N) is 1. The average molecular weight is 350 g/mol. The topological polar surface area (TPSA) is 75.7 Å². The summed E-state index contributed by atoms with van der Waals surface area (Å²) < 4.78 is 5.07. The van der Waals surface area contributed by atoms with E-state index in [0.717, 1.165) is 22.4 Å². The molecule has 4 rings (SSSR count). The molecule has 1 spiro atoms. The molecule has 2 aliphatic rings. The molecular formula is C20H18N2O4. The van der Waals surface area contributed by atoms with Crippen LogP contribution >= 0.6 is 0 Å². The quantitative estimate of drug-likeness (QED) is 0.678. The van der Waals surface area contributed by atoms with Gasteiger partial charge in [-0.3, -0.25) is 14.5 Å². The number of nitrogens with one attached hydrogen (secondary N) is 1. The minimum Gasteiger partial charge on any atom is -0.497 e. The normalized spacial score (nSPS) is 21.0. The van der Waals surface area contributed by atoms with Crippen molar-refractivity contribution in [1.29, 1.82) is 0 Å². The second-order valence-corrected chi connectivity index (χ2v) is 6.54. The smallest absolute Gasteiger partial charge is 0.325 e. The van der Waals surface area contributed by atoms with Gasteiger partial charge >= 0.3 is 6.03 Å². The van der Waals surface area contributed by atoms with Gasteiger partial charge in [-0.25, -0.2) is 4.79 Å². The molecule has 0 aromatic heterocycles. The minimum absolute atomic E-state index is 0.277. The predicted octanol–water partition coefficient (Wildman–Crippen LogP) is 2.27. The van der Waals surface area contributed by atoms with E-state index in [1.54, 1.807) is 31.4 Å². The molecule has 0 bridgehead atoms. The van der Waals surface area contributed by atoms with E-state index in [1.165, 1.54) is 0 Å². The average Bonchev–Trinajstić information content (AvgIpc) is 3.15. The van der Waals surface area contributed by atoms with Crippen LogP contribution in [0.1, 0.15) is 27.9 Å². The highest BCUT2D eigenvalue weighted by molar-refractivity contribution is 6.11. The molecule has 1 fully saturated rings. The standard InChI is InChI=1S/C20H18N2O4/c1-26-15-8-6-14(7-9-15)17(23)12-22-18(24)20(21-19(22)25)11-10-13-4-2-3-5-16(13)20/h2-9H,10-12H2,1H3,(H,21,25)/t20-/m1/s1. The van der Waals surface area contributed by atoms with E-state index < -0.39 is 11.6 Å². The van der Waals surface area contributed by atoms with E-state index in [9.17, 15) is 14.4 Å². The van der Waals surface area contributed by atoms with Crippen molar-refractivity contribution in [2.45, 2.75) is 18.4 Å². The minimum atomic E-state index is -1.03. The zero-order chi connectivity index (χ0) is 18.3. The highest BCUT2D eigenvalue weighted by Crippen LogP contribution is 2.41. The Kier molecular flexibility index (Phi) is 3.76. The molecule has 132 valence electrons. The molecule has 0 unspecified atom stereocenters. The zero-order valence-electron chi connectivity index (χ0n) is 14.3. The Morgan fingerprint density at radius 3 is 2.62 bits per heavy atom. The van der Waals surface area contributed by atoms with Gasteiger partial charge in [0.15, 0.2) is 5.78 Å². The third-order valence-corrected chi connectivity index (χ3v) is 5.14. The molecule has 0 radical (unpaired) electrons. The van der Waals surface area contributed by atoms with Crippen LogP contribution in [0.3, 0.4) is 0 Å². The molecule has 6 heteroatoms. The summed E-state index contributed by atoms with van der Waals surface area (Å²) in [7, 11) is 1.54. The van der Waals surface area contributed by atoms with Crippen LogP contribution in [-0.2, 0) is 16.8 Å². The highest BCUT2D eigenvalue weighted by atomic mass is 16.5. The van der Waals surface area contributed by atoms with E-state index in [2.05, 4.69) is 5.32 Å². The van der Waals surface area contributed by atoms with Gasteiger partial charge in [0.1, 0.15) is 11.3 Å². The summed E-state index contributed by atoms with van der Waals surface area (Å²) in [6.45, 7) is -0.277. The maximum Gasteiger partial charge on any atom is 0.325 e. The fraction of sp³-hybridized carbons (Fsp3) is 0.250. The predicted molar refractivity (Wildman–Crippen MR) is 94.0 cm³/mol. The number of fused-ring (bicyclic) bond motifs is 2. The number of urea groups is 1. The Morgan fingerprint density at radius 1 is 1.15 bits per heavy atom. The van der Waals surface area contributed by atoms with Gasteiger partial charge < -0.3 is 10.1 Å². The second kappa shape index (κ2) is 5.98. The molecule has 26 heavy (non-hydrogen) atoms. The van der Waals surface area contributed by atoms with Gasteiger partial charge in [-0.2, -0.15) is 0 Å². The lowest BCUT2D eigenvalue weighted by atomic mass is 9.92. The molecule has 1 heterocycles. The lowest BCUT2D eigenvalue weighted by Crippen LogP contribution is -2.42. The van der Waals surface area contributed by atoms with Gasteiger partial charge in [0.2, 0.25) is 0 Å². The summed E-state index contributed by atoms with van der Waals surface area (Å²) in [5, 5.41) is 2.83. The number of methoxy groups -OCH3 is 1. The number of imide groups is 1. The van der Waals surface area contributed by atoms with Crippen LogP contribution < -0.4 is 10.1 Å². The Labute approximate surface area is 150 Å². The molecule has 1 N–H and O–H groups in total. The van der Waals surface area contributed by atoms with Gasteiger partial charge in [0.05, 0.1) is 13.7 Å². The molecule has 6 nitrogen and oxygen atoms in total. The number of rotatable bonds is 4. The van der Waals surface area contributed by atoms with Crippen LogP contribution in [0.5, 0.6) is 5.75 Å². The van der Waals surface area contributed by atoms with Crippen LogP contribution in [0, 0.1) is 0 Å². The first-order valence-electron chi connectivity index (χ1n) is 8.45. The molecule has 2 aromatic rings. The summed E-state index contributed by atoms with van der Waals surface area (Å²) in [6, 6.07) is 13.7. The van der Waals surface area contributed by atoms with Crippen molar-refractivity contribution in [3.63, 3.8) is 0 Å². The van der Waals surface area contributed by atoms with Crippen molar-refractivity contribution in [3.8, 4) is 5.75 Å². The third kappa shape index (κ3) is 2.37. The van der Waals surface area contributed by atoms with Crippen molar-refractivity contribution in [1.82, 2.24) is 10.2 Å². The number of amides is 3. The summed E-state index contributed by atoms with van der Waals surface area (Å²) >= 11 is 0. The molecule has 1 aliphatic carbocycles. The maximum absolute atomic E-state index is 13.0. The van der Waals surface area contributed by atoms with Crippen molar-refractivity contribution >= 4 is 17.7 Å². The van der Waals surface area contributed by atoms with Gasteiger partial charge in [-0.15, -0.1) is 0 Å². The van der Waals surface area contributed by atoms with Crippen molar-refractivity contribution in [3.05, 3.63) is 65.2 Å². The Balaban J connectivity index is 1.58. The van der Waals surface area contributed by atoms with Crippen molar-refractivity contribution in [2.24, 2.45) is 0 Å². The number of hydrogen-bond donors (Lipinski definition) is 1. The fourth-order valence-electron chi connectivity index (χ4n) is 3.74. The van der Waals surface area contributed by atoms with E-state index >= 15 is 0 Å². The SMILES string of the molecule is COc1ccc(C(=O)CN2C(=O)N[C@@]3(CCc4ccccc43)C2=O)cc1. The van der Waals surface area contributed by atoms with Gasteiger partial charge in [-0.1, -0.05) is 24.3 Å². The first kappa shape index (κ1) is 16.3. The molecule has 3 amide bonds. The van der Waals surface area contributed by atoms with Gasteiger partial charge in [0, 0.05) is 5.56 Å². The first-order valence-corrected chi connectivity index (χ1v) is 8.45. The molecular weight excluding hydrogens is 332 g/mol. The first-order chi connectivity index (χ1) is 12.5. The lowest BCUT2D eigenvalue weighted by Gasteiger charge is -2.22. The monoisotopic (exact) mass is 350 g/mol. The van der Waals surface area contributed by atoms with Crippen molar-refractivity contribution in [2.75, 3.05) is 13.7 Å². The number of hydrogen-bond acceptors (Lipinski definition) is 4. The molecule has 1 aliphatic heterocycles. The lowest BCUT2D eigenvalue weighted by molar-refractivity contribution is -0.131. The van der Waals surface area contributed by atoms with E-state index in [4.69, 9.17) is 4.74 Å². The number of aryl methyl sites for hydroxylation is 1. The maximum atomic E-state index is 13.0. The Bertz CT molecular complexity index is 906. The summed E-state index contributed by atoms with van der Waals surface area (Å²) in [5.41, 5.74) is 1.29. The highest BCUT2D eigenvalue weighted by Gasteiger charge is 2.55. The zero-order valence-corrected chi connectivity index (χ0v) is 14.3. The number of carbonyl (C=O) groups is 3. The van der Waals surface area contributed by atoms with E-state index in [0.29, 0.717) is 17.7 Å². The molecule has 1 saturated heterocycles. The number of ether oxygens (including phenoxy) is 1. The number of benzene rings is 2. The van der Waals surface area contributed by atoms with Crippen LogP contribution in [-0.4, -0.2) is 36.3 Å². The fourth-order valence-corrected chi connectivity index (χ4v) is 3.74. The Morgan fingerprint density at radius 2 is 1.88 bits per heavy atom. The van der Waals surface area contributed by atoms with Gasteiger partial charge in [-0.05, 0) is 48.2 Å². The van der Waals surface area contributed by atoms with E-state index in [-0.39, 0.29) is 18.2 Å². The van der Waals surface area contributed by atoms with Crippen LogP contribution in [0.15, 0.2) is 48.5 Å². The third-order valence-electron chi connectivity index (χ3n) is 5.14. The largest absolute Gasteiger partial charge is 0.497 e. The summed E-state index contributed by atoms with van der Waals surface area (Å²) in [4.78, 5) is 39.0. The van der Waals surface area contributed by atoms with Crippen LogP contribution in [0.2, 0.25) is 0 Å². The van der Waals surface area contributed by atoms with Crippen molar-refractivity contribution < 1.29 is 19.1 Å². The molecule has 0 saturated carbocycles.